The van der Waals surface area contributed by atoms with Crippen molar-refractivity contribution in [3.8, 4) is 0 Å². The van der Waals surface area contributed by atoms with E-state index in [9.17, 15) is 4.79 Å². The summed E-state index contributed by atoms with van der Waals surface area (Å²) in [6.07, 6.45) is 6.83. The summed E-state index contributed by atoms with van der Waals surface area (Å²) in [5.41, 5.74) is 0.383. The Bertz CT molecular complexity index is 259. The molecule has 3 nitrogen and oxygen atoms in total. The lowest BCUT2D eigenvalue weighted by molar-refractivity contribution is -0.123. The van der Waals surface area contributed by atoms with Crippen LogP contribution in [0.25, 0.3) is 0 Å². The van der Waals surface area contributed by atoms with Gasteiger partial charge in [-0.05, 0) is 44.6 Å². The molecule has 1 aliphatic heterocycles. The minimum atomic E-state index is 0.233. The van der Waals surface area contributed by atoms with E-state index >= 15 is 0 Å². The first-order valence-electron chi connectivity index (χ1n) is 6.64. The van der Waals surface area contributed by atoms with Crippen LogP contribution >= 0.6 is 0 Å². The topological polar surface area (TPSA) is 41.1 Å². The van der Waals surface area contributed by atoms with E-state index in [0.717, 1.165) is 19.4 Å². The minimum absolute atomic E-state index is 0.233. The number of carbonyl (C=O) groups is 1. The van der Waals surface area contributed by atoms with Gasteiger partial charge in [0.15, 0.2) is 0 Å². The fraction of sp³-hybridized carbons (Fsp3) is 0.923. The standard InChI is InChI=1S/C13H24N2O/c1-10(2)8-12(16)15-11-4-7-14-13(9-11)5-3-6-13/h10-11,14H,3-9H2,1-2H3,(H,15,16). The van der Waals surface area contributed by atoms with Gasteiger partial charge in [-0.1, -0.05) is 13.8 Å². The molecule has 0 aromatic rings. The van der Waals surface area contributed by atoms with Crippen LogP contribution in [0.4, 0.5) is 0 Å². The smallest absolute Gasteiger partial charge is 0.220 e. The van der Waals surface area contributed by atoms with E-state index in [1.165, 1.54) is 19.3 Å². The summed E-state index contributed by atoms with van der Waals surface area (Å²) in [5, 5.41) is 6.82. The summed E-state index contributed by atoms with van der Waals surface area (Å²) < 4.78 is 0. The molecule has 1 amide bonds. The second-order valence-corrected chi connectivity index (χ2v) is 5.92. The second kappa shape index (κ2) is 4.74. The Hall–Kier alpha value is -0.570. The van der Waals surface area contributed by atoms with Crippen molar-refractivity contribution in [2.24, 2.45) is 5.92 Å². The number of carbonyl (C=O) groups excluding carboxylic acids is 1. The van der Waals surface area contributed by atoms with Gasteiger partial charge in [-0.3, -0.25) is 4.79 Å². The molecule has 1 saturated carbocycles. The fourth-order valence-corrected chi connectivity index (χ4v) is 2.92. The molecule has 1 aliphatic carbocycles. The van der Waals surface area contributed by atoms with Gasteiger partial charge < -0.3 is 10.6 Å². The van der Waals surface area contributed by atoms with Crippen LogP contribution in [0.3, 0.4) is 0 Å². The second-order valence-electron chi connectivity index (χ2n) is 5.92. The van der Waals surface area contributed by atoms with Crippen LogP contribution in [0.1, 0.15) is 52.4 Å². The SMILES string of the molecule is CC(C)CC(=O)NC1CCNC2(CCC2)C1. The third kappa shape index (κ3) is 2.76. The van der Waals surface area contributed by atoms with Gasteiger partial charge in [0.25, 0.3) is 0 Å². The molecular weight excluding hydrogens is 200 g/mol. The lowest BCUT2D eigenvalue weighted by Gasteiger charge is -2.48. The highest BCUT2D eigenvalue weighted by molar-refractivity contribution is 5.76. The van der Waals surface area contributed by atoms with Crippen LogP contribution in [0.2, 0.25) is 0 Å². The van der Waals surface area contributed by atoms with E-state index in [0.29, 0.717) is 23.9 Å². The van der Waals surface area contributed by atoms with Crippen LogP contribution in [0.15, 0.2) is 0 Å². The molecule has 92 valence electrons. The summed E-state index contributed by atoms with van der Waals surface area (Å²) in [6, 6.07) is 0.410. The van der Waals surface area contributed by atoms with E-state index in [2.05, 4.69) is 24.5 Å². The molecular formula is C13H24N2O. The number of piperidine rings is 1. The number of amides is 1. The van der Waals surface area contributed by atoms with E-state index in [1.54, 1.807) is 0 Å². The third-order valence-corrected chi connectivity index (χ3v) is 3.90. The first-order valence-corrected chi connectivity index (χ1v) is 6.64. The molecule has 2 rings (SSSR count). The predicted molar refractivity (Wildman–Crippen MR) is 65.2 cm³/mol. The maximum Gasteiger partial charge on any atom is 0.220 e. The zero-order valence-electron chi connectivity index (χ0n) is 10.5. The van der Waals surface area contributed by atoms with Gasteiger partial charge in [-0.25, -0.2) is 0 Å². The highest BCUT2D eigenvalue weighted by Gasteiger charge is 2.41. The van der Waals surface area contributed by atoms with Crippen LogP contribution in [-0.4, -0.2) is 24.0 Å². The molecule has 0 aromatic carbocycles. The Morgan fingerprint density at radius 1 is 1.50 bits per heavy atom. The van der Waals surface area contributed by atoms with Gasteiger partial charge in [0, 0.05) is 18.0 Å². The Morgan fingerprint density at radius 3 is 2.81 bits per heavy atom. The zero-order valence-corrected chi connectivity index (χ0v) is 10.5. The van der Waals surface area contributed by atoms with Crippen LogP contribution in [0.5, 0.6) is 0 Å². The summed E-state index contributed by atoms with van der Waals surface area (Å²) in [7, 11) is 0. The molecule has 0 radical (unpaired) electrons. The fourth-order valence-electron chi connectivity index (χ4n) is 2.92. The molecule has 3 heteroatoms. The van der Waals surface area contributed by atoms with Gasteiger partial charge in [0.1, 0.15) is 0 Å². The molecule has 0 bridgehead atoms. The van der Waals surface area contributed by atoms with Crippen molar-refractivity contribution in [1.82, 2.24) is 10.6 Å². The van der Waals surface area contributed by atoms with Crippen molar-refractivity contribution in [2.75, 3.05) is 6.54 Å². The van der Waals surface area contributed by atoms with Gasteiger partial charge in [0.05, 0.1) is 0 Å². The molecule has 1 saturated heterocycles. The molecule has 1 unspecified atom stereocenters. The number of rotatable bonds is 3. The van der Waals surface area contributed by atoms with Gasteiger partial charge >= 0.3 is 0 Å². The molecule has 0 aromatic heterocycles. The maximum atomic E-state index is 11.7. The molecule has 2 N–H and O–H groups in total. The average Bonchev–Trinajstić information content (AvgIpc) is 2.14. The van der Waals surface area contributed by atoms with E-state index in [1.807, 2.05) is 0 Å². The highest BCUT2D eigenvalue weighted by atomic mass is 16.1. The van der Waals surface area contributed by atoms with Gasteiger partial charge in [-0.15, -0.1) is 0 Å². The summed E-state index contributed by atoms with van der Waals surface area (Å²) >= 11 is 0. The molecule has 1 atom stereocenters. The van der Waals surface area contributed by atoms with Crippen molar-refractivity contribution >= 4 is 5.91 Å². The number of hydrogen-bond donors (Lipinski definition) is 2. The molecule has 2 fully saturated rings. The Balaban J connectivity index is 1.79. The van der Waals surface area contributed by atoms with Gasteiger partial charge in [-0.2, -0.15) is 0 Å². The van der Waals surface area contributed by atoms with Crippen molar-refractivity contribution in [3.63, 3.8) is 0 Å². The third-order valence-electron chi connectivity index (χ3n) is 3.90. The maximum absolute atomic E-state index is 11.7. The van der Waals surface area contributed by atoms with Crippen molar-refractivity contribution < 1.29 is 4.79 Å². The number of hydrogen-bond acceptors (Lipinski definition) is 2. The first-order chi connectivity index (χ1) is 7.60. The minimum Gasteiger partial charge on any atom is -0.353 e. The first kappa shape index (κ1) is 11.9. The lowest BCUT2D eigenvalue weighted by atomic mass is 9.70. The molecule has 2 aliphatic rings. The van der Waals surface area contributed by atoms with Crippen molar-refractivity contribution in [2.45, 2.75) is 64.0 Å². The zero-order chi connectivity index (χ0) is 11.6. The van der Waals surface area contributed by atoms with Crippen LogP contribution in [-0.2, 0) is 4.79 Å². The van der Waals surface area contributed by atoms with Crippen LogP contribution < -0.4 is 10.6 Å². The van der Waals surface area contributed by atoms with Crippen molar-refractivity contribution in [1.29, 1.82) is 0 Å². The lowest BCUT2D eigenvalue weighted by Crippen LogP contribution is -2.59. The van der Waals surface area contributed by atoms with E-state index in [-0.39, 0.29) is 5.91 Å². The monoisotopic (exact) mass is 224 g/mol. The van der Waals surface area contributed by atoms with E-state index < -0.39 is 0 Å². The predicted octanol–water partition coefficient (Wildman–Crippen LogP) is 1.82. The summed E-state index contributed by atoms with van der Waals surface area (Å²) in [4.78, 5) is 11.7. The Morgan fingerprint density at radius 2 is 2.25 bits per heavy atom. The quantitative estimate of drug-likeness (QED) is 0.768. The molecule has 16 heavy (non-hydrogen) atoms. The number of nitrogens with one attached hydrogen (secondary N) is 2. The molecule has 1 heterocycles. The average molecular weight is 224 g/mol. The van der Waals surface area contributed by atoms with Gasteiger partial charge in [0.2, 0.25) is 5.91 Å². The Labute approximate surface area is 98.4 Å². The van der Waals surface area contributed by atoms with Crippen molar-refractivity contribution in [3.05, 3.63) is 0 Å². The molecule has 1 spiro atoms. The summed E-state index contributed by atoms with van der Waals surface area (Å²) in [6.45, 7) is 5.25. The van der Waals surface area contributed by atoms with E-state index in [4.69, 9.17) is 0 Å². The highest BCUT2D eigenvalue weighted by Crippen LogP contribution is 2.38. The normalized spacial score (nSPS) is 27.8. The largest absolute Gasteiger partial charge is 0.353 e. The Kier molecular flexibility index (Phi) is 3.53. The summed E-state index contributed by atoms with van der Waals surface area (Å²) in [5.74, 6) is 0.691. The van der Waals surface area contributed by atoms with Crippen LogP contribution in [0, 0.1) is 5.92 Å².